The molecule has 0 spiro atoms. The van der Waals surface area contributed by atoms with Gasteiger partial charge in [-0.05, 0) is 24.0 Å². The second kappa shape index (κ2) is 9.75. The standard InChI is InChI=1S/C16H27NO3/c1-4-13-7-6-8-14(5-2)16(13)17-11-15(18)12-20-10-9-19-3/h6-8,15,17-18H,4-5,9-12H2,1-3H3. The molecule has 0 radical (unpaired) electrons. The van der Waals surface area contributed by atoms with Crippen LogP contribution in [0.3, 0.4) is 0 Å². The zero-order valence-electron chi connectivity index (χ0n) is 12.8. The number of aliphatic hydroxyl groups excluding tert-OH is 1. The van der Waals surface area contributed by atoms with Crippen molar-refractivity contribution in [3.05, 3.63) is 29.3 Å². The molecule has 0 aliphatic heterocycles. The summed E-state index contributed by atoms with van der Waals surface area (Å²) < 4.78 is 10.2. The molecule has 0 bridgehead atoms. The molecule has 0 saturated heterocycles. The molecule has 4 heteroatoms. The van der Waals surface area contributed by atoms with Crippen molar-refractivity contribution in [3.63, 3.8) is 0 Å². The monoisotopic (exact) mass is 281 g/mol. The van der Waals surface area contributed by atoms with Crippen molar-refractivity contribution in [1.29, 1.82) is 0 Å². The maximum Gasteiger partial charge on any atom is 0.0945 e. The van der Waals surface area contributed by atoms with Crippen LogP contribution in [0.25, 0.3) is 0 Å². The van der Waals surface area contributed by atoms with Gasteiger partial charge >= 0.3 is 0 Å². The summed E-state index contributed by atoms with van der Waals surface area (Å²) in [5.41, 5.74) is 3.74. The Bertz CT molecular complexity index is 360. The Morgan fingerprint density at radius 1 is 1.15 bits per heavy atom. The molecule has 1 aromatic rings. The minimum Gasteiger partial charge on any atom is -0.389 e. The third-order valence-corrected chi connectivity index (χ3v) is 3.26. The first-order valence-corrected chi connectivity index (χ1v) is 7.32. The third kappa shape index (κ3) is 5.49. The number of anilines is 1. The molecule has 0 aliphatic rings. The number of aryl methyl sites for hydroxylation is 2. The number of nitrogens with one attached hydrogen (secondary N) is 1. The molecule has 1 atom stereocenters. The lowest BCUT2D eigenvalue weighted by Gasteiger charge is -2.18. The summed E-state index contributed by atoms with van der Waals surface area (Å²) in [7, 11) is 1.63. The van der Waals surface area contributed by atoms with Gasteiger partial charge in [-0.25, -0.2) is 0 Å². The summed E-state index contributed by atoms with van der Waals surface area (Å²) in [6, 6.07) is 6.35. The normalized spacial score (nSPS) is 12.4. The zero-order chi connectivity index (χ0) is 14.8. The molecular formula is C16H27NO3. The van der Waals surface area contributed by atoms with Gasteiger partial charge in [0.05, 0.1) is 25.9 Å². The van der Waals surface area contributed by atoms with E-state index in [9.17, 15) is 5.11 Å². The Hall–Kier alpha value is -1.10. The van der Waals surface area contributed by atoms with E-state index >= 15 is 0 Å². The van der Waals surface area contributed by atoms with Crippen molar-refractivity contribution in [2.24, 2.45) is 0 Å². The maximum atomic E-state index is 9.91. The van der Waals surface area contributed by atoms with E-state index in [1.807, 2.05) is 0 Å². The van der Waals surface area contributed by atoms with E-state index in [1.165, 1.54) is 11.1 Å². The summed E-state index contributed by atoms with van der Waals surface area (Å²) in [4.78, 5) is 0. The van der Waals surface area contributed by atoms with Gasteiger partial charge in [-0.3, -0.25) is 0 Å². The van der Waals surface area contributed by atoms with Gasteiger partial charge in [-0.1, -0.05) is 32.0 Å². The summed E-state index contributed by atoms with van der Waals surface area (Å²) in [5.74, 6) is 0. The fourth-order valence-corrected chi connectivity index (χ4v) is 2.11. The highest BCUT2D eigenvalue weighted by atomic mass is 16.5. The number of rotatable bonds is 10. The predicted molar refractivity (Wildman–Crippen MR) is 82.4 cm³/mol. The lowest BCUT2D eigenvalue weighted by atomic mass is 10.0. The topological polar surface area (TPSA) is 50.7 Å². The molecule has 0 heterocycles. The third-order valence-electron chi connectivity index (χ3n) is 3.26. The average Bonchev–Trinajstić information content (AvgIpc) is 2.49. The lowest BCUT2D eigenvalue weighted by molar-refractivity contribution is 0.0182. The molecule has 1 rings (SSSR count). The molecule has 114 valence electrons. The van der Waals surface area contributed by atoms with Crippen LogP contribution in [0.2, 0.25) is 0 Å². The Morgan fingerprint density at radius 3 is 2.35 bits per heavy atom. The largest absolute Gasteiger partial charge is 0.389 e. The smallest absolute Gasteiger partial charge is 0.0945 e. The molecule has 20 heavy (non-hydrogen) atoms. The number of benzene rings is 1. The number of para-hydroxylation sites is 1. The first-order chi connectivity index (χ1) is 9.72. The van der Waals surface area contributed by atoms with Crippen LogP contribution in [0.4, 0.5) is 5.69 Å². The van der Waals surface area contributed by atoms with E-state index in [-0.39, 0.29) is 0 Å². The van der Waals surface area contributed by atoms with Crippen molar-refractivity contribution < 1.29 is 14.6 Å². The summed E-state index contributed by atoms with van der Waals surface area (Å²) in [5, 5.41) is 13.3. The van der Waals surface area contributed by atoms with Crippen molar-refractivity contribution in [2.45, 2.75) is 32.8 Å². The Kier molecular flexibility index (Phi) is 8.26. The van der Waals surface area contributed by atoms with E-state index < -0.39 is 6.10 Å². The Labute approximate surface area is 122 Å². The number of ether oxygens (including phenoxy) is 2. The first-order valence-electron chi connectivity index (χ1n) is 7.32. The predicted octanol–water partition coefficient (Wildman–Crippen LogP) is 2.25. The number of methoxy groups -OCH3 is 1. The van der Waals surface area contributed by atoms with Crippen molar-refractivity contribution in [1.82, 2.24) is 0 Å². The minimum atomic E-state index is -0.513. The molecule has 0 saturated carbocycles. The van der Waals surface area contributed by atoms with Gasteiger partial charge in [0.1, 0.15) is 0 Å². The van der Waals surface area contributed by atoms with Gasteiger partial charge in [0.2, 0.25) is 0 Å². The summed E-state index contributed by atoms with van der Waals surface area (Å²) in [6.07, 6.45) is 1.45. The quantitative estimate of drug-likeness (QED) is 0.646. The molecule has 0 amide bonds. The summed E-state index contributed by atoms with van der Waals surface area (Å²) >= 11 is 0. The fraction of sp³-hybridized carbons (Fsp3) is 0.625. The number of hydrogen-bond acceptors (Lipinski definition) is 4. The van der Waals surface area contributed by atoms with Crippen LogP contribution < -0.4 is 5.32 Å². The molecule has 0 aliphatic carbocycles. The SMILES string of the molecule is CCc1cccc(CC)c1NCC(O)COCCOC. The molecule has 0 aromatic heterocycles. The van der Waals surface area contributed by atoms with E-state index in [4.69, 9.17) is 9.47 Å². The highest BCUT2D eigenvalue weighted by Gasteiger charge is 2.09. The summed E-state index contributed by atoms with van der Waals surface area (Å²) in [6.45, 7) is 6.18. The van der Waals surface area contributed by atoms with Gasteiger partial charge in [0.15, 0.2) is 0 Å². The molecular weight excluding hydrogens is 254 g/mol. The molecule has 1 unspecified atom stereocenters. The first kappa shape index (κ1) is 17.0. The molecule has 2 N–H and O–H groups in total. The zero-order valence-corrected chi connectivity index (χ0v) is 12.8. The molecule has 4 nitrogen and oxygen atoms in total. The number of hydrogen-bond donors (Lipinski definition) is 2. The lowest BCUT2D eigenvalue weighted by Crippen LogP contribution is -2.26. The highest BCUT2D eigenvalue weighted by Crippen LogP contribution is 2.22. The van der Waals surface area contributed by atoms with E-state index in [2.05, 4.69) is 37.4 Å². The Balaban J connectivity index is 2.47. The van der Waals surface area contributed by atoms with Crippen LogP contribution in [-0.2, 0) is 22.3 Å². The van der Waals surface area contributed by atoms with Crippen LogP contribution in [0, 0.1) is 0 Å². The second-order valence-electron chi connectivity index (χ2n) is 4.76. The molecule has 1 aromatic carbocycles. The second-order valence-corrected chi connectivity index (χ2v) is 4.76. The van der Waals surface area contributed by atoms with Crippen LogP contribution in [0.5, 0.6) is 0 Å². The van der Waals surface area contributed by atoms with Gasteiger partial charge < -0.3 is 19.9 Å². The van der Waals surface area contributed by atoms with Gasteiger partial charge in [0, 0.05) is 19.3 Å². The average molecular weight is 281 g/mol. The highest BCUT2D eigenvalue weighted by molar-refractivity contribution is 5.57. The van der Waals surface area contributed by atoms with Crippen LogP contribution in [0.1, 0.15) is 25.0 Å². The molecule has 0 fully saturated rings. The van der Waals surface area contributed by atoms with E-state index in [1.54, 1.807) is 7.11 Å². The van der Waals surface area contributed by atoms with Gasteiger partial charge in [-0.15, -0.1) is 0 Å². The van der Waals surface area contributed by atoms with Crippen molar-refractivity contribution >= 4 is 5.69 Å². The number of aliphatic hydroxyl groups is 1. The van der Waals surface area contributed by atoms with Crippen molar-refractivity contribution in [2.75, 3.05) is 38.8 Å². The van der Waals surface area contributed by atoms with Gasteiger partial charge in [0.25, 0.3) is 0 Å². The minimum absolute atomic E-state index is 0.326. The van der Waals surface area contributed by atoms with Crippen molar-refractivity contribution in [3.8, 4) is 0 Å². The fourth-order valence-electron chi connectivity index (χ4n) is 2.11. The maximum absolute atomic E-state index is 9.91. The van der Waals surface area contributed by atoms with E-state index in [0.29, 0.717) is 26.4 Å². The van der Waals surface area contributed by atoms with E-state index in [0.717, 1.165) is 18.5 Å². The van der Waals surface area contributed by atoms with Crippen LogP contribution >= 0.6 is 0 Å². The van der Waals surface area contributed by atoms with Gasteiger partial charge in [-0.2, -0.15) is 0 Å². The van der Waals surface area contributed by atoms with Crippen LogP contribution in [-0.4, -0.2) is 44.7 Å². The van der Waals surface area contributed by atoms with Crippen LogP contribution in [0.15, 0.2) is 18.2 Å². The Morgan fingerprint density at radius 2 is 1.80 bits per heavy atom.